The molecule has 0 bridgehead atoms. The Balaban J connectivity index is 1.92. The van der Waals surface area contributed by atoms with Crippen LogP contribution in [0, 0.1) is 0 Å². The summed E-state index contributed by atoms with van der Waals surface area (Å²) < 4.78 is 15.7. The van der Waals surface area contributed by atoms with Crippen LogP contribution in [0.25, 0.3) is 0 Å². The van der Waals surface area contributed by atoms with Gasteiger partial charge in [0.15, 0.2) is 6.10 Å². The summed E-state index contributed by atoms with van der Waals surface area (Å²) in [5.41, 5.74) is -1.01. The van der Waals surface area contributed by atoms with Crippen molar-refractivity contribution in [1.29, 1.82) is 0 Å². The van der Waals surface area contributed by atoms with Gasteiger partial charge >= 0.3 is 5.97 Å². The summed E-state index contributed by atoms with van der Waals surface area (Å²) in [4.78, 5) is 11.8. The summed E-state index contributed by atoms with van der Waals surface area (Å²) >= 11 is 0. The topological polar surface area (TPSA) is 166 Å². The average molecular weight is 416 g/mol. The molecule has 29 heavy (non-hydrogen) atoms. The van der Waals surface area contributed by atoms with Crippen molar-refractivity contribution >= 4 is 5.97 Å². The highest BCUT2D eigenvalue weighted by Crippen LogP contribution is 2.24. The highest BCUT2D eigenvalue weighted by atomic mass is 16.7. The molecule has 164 valence electrons. The normalized spacial score (nSPS) is 30.3. The molecular formula is C19H28O10. The molecule has 0 aliphatic carbocycles. The van der Waals surface area contributed by atoms with Gasteiger partial charge in [-0.05, 0) is 31.0 Å². The number of hydrogen-bond acceptors (Lipinski definition) is 10. The van der Waals surface area contributed by atoms with Crippen LogP contribution in [0.1, 0.15) is 25.8 Å². The Morgan fingerprint density at radius 3 is 2.34 bits per heavy atom. The maximum Gasteiger partial charge on any atom is 0.338 e. The van der Waals surface area contributed by atoms with Crippen molar-refractivity contribution in [3.8, 4) is 5.75 Å². The Morgan fingerprint density at radius 1 is 1.17 bits per heavy atom. The predicted octanol–water partition coefficient (Wildman–Crippen LogP) is -1.57. The van der Waals surface area contributed by atoms with Gasteiger partial charge in [-0.25, -0.2) is 4.79 Å². The Labute approximate surface area is 167 Å². The molecule has 1 aliphatic heterocycles. The Bertz CT molecular complexity index is 659. The smallest absolute Gasteiger partial charge is 0.338 e. The summed E-state index contributed by atoms with van der Waals surface area (Å²) in [6.45, 7) is 2.26. The summed E-state index contributed by atoms with van der Waals surface area (Å²) in [7, 11) is 0. The highest BCUT2D eigenvalue weighted by Gasteiger charge is 2.44. The largest absolute Gasteiger partial charge is 0.462 e. The lowest BCUT2D eigenvalue weighted by molar-refractivity contribution is -0.277. The number of carbonyl (C=O) groups excluding carboxylic acids is 1. The summed E-state index contributed by atoms with van der Waals surface area (Å²) in [5.74, 6) is -0.683. The summed E-state index contributed by atoms with van der Waals surface area (Å²) in [6.07, 6.45) is -8.42. The monoisotopic (exact) mass is 416 g/mol. The standard InChI is InChI=1S/C19H28O10/c1-3-19(2,26)16(24)17(25)27-9-10-4-6-11(7-5-10)28-18-15(23)14(22)13(21)12(8-20)29-18/h4-7,12-16,18,20-24,26H,3,8-9H2,1-2H3/t12-,13-,14+,15-,16+,18-,19-/m1/s1. The van der Waals surface area contributed by atoms with Gasteiger partial charge < -0.3 is 44.8 Å². The molecule has 6 N–H and O–H groups in total. The third-order valence-corrected chi connectivity index (χ3v) is 4.93. The van der Waals surface area contributed by atoms with Crippen molar-refractivity contribution in [2.24, 2.45) is 0 Å². The van der Waals surface area contributed by atoms with E-state index in [0.717, 1.165) is 0 Å². The van der Waals surface area contributed by atoms with Crippen LogP contribution in [0.15, 0.2) is 24.3 Å². The van der Waals surface area contributed by atoms with Gasteiger partial charge in [-0.2, -0.15) is 0 Å². The fraction of sp³-hybridized carbons (Fsp3) is 0.632. The number of esters is 1. The number of aliphatic hydroxyl groups is 6. The molecule has 10 heteroatoms. The summed E-state index contributed by atoms with van der Waals surface area (Å²) in [6, 6.07) is 6.14. The fourth-order valence-corrected chi connectivity index (χ4v) is 2.64. The Morgan fingerprint density at radius 2 is 1.79 bits per heavy atom. The number of aliphatic hydroxyl groups excluding tert-OH is 5. The summed E-state index contributed by atoms with van der Waals surface area (Å²) in [5, 5.41) is 58.4. The lowest BCUT2D eigenvalue weighted by atomic mass is 9.96. The molecule has 0 saturated carbocycles. The molecule has 1 saturated heterocycles. The minimum atomic E-state index is -1.67. The third-order valence-electron chi connectivity index (χ3n) is 4.93. The first-order valence-electron chi connectivity index (χ1n) is 9.24. The lowest BCUT2D eigenvalue weighted by Gasteiger charge is -2.39. The van der Waals surface area contributed by atoms with Crippen molar-refractivity contribution in [1.82, 2.24) is 0 Å². The number of hydrogen-bond donors (Lipinski definition) is 6. The molecule has 2 rings (SSSR count). The van der Waals surface area contributed by atoms with Crippen molar-refractivity contribution in [2.45, 2.75) is 69.3 Å². The minimum absolute atomic E-state index is 0.143. The fourth-order valence-electron chi connectivity index (χ4n) is 2.64. The molecule has 1 aromatic carbocycles. The van der Waals surface area contributed by atoms with E-state index < -0.39 is 55.0 Å². The zero-order valence-electron chi connectivity index (χ0n) is 16.2. The van der Waals surface area contributed by atoms with Crippen LogP contribution in [0.3, 0.4) is 0 Å². The van der Waals surface area contributed by atoms with E-state index in [1.54, 1.807) is 19.1 Å². The minimum Gasteiger partial charge on any atom is -0.462 e. The first-order valence-corrected chi connectivity index (χ1v) is 9.24. The van der Waals surface area contributed by atoms with Crippen LogP contribution >= 0.6 is 0 Å². The SMILES string of the molecule is CC[C@@](C)(O)[C@@H](O)C(=O)OCc1ccc(O[C@@H]2O[C@H](CO)[C@@H](O)[C@H](O)[C@H]2O)cc1. The van der Waals surface area contributed by atoms with E-state index in [1.165, 1.54) is 19.1 Å². The number of ether oxygens (including phenoxy) is 3. The molecule has 10 nitrogen and oxygen atoms in total. The van der Waals surface area contributed by atoms with Crippen LogP contribution in [0.5, 0.6) is 5.75 Å². The van der Waals surface area contributed by atoms with Gasteiger partial charge in [0.2, 0.25) is 6.29 Å². The van der Waals surface area contributed by atoms with Crippen molar-refractivity contribution in [2.75, 3.05) is 6.61 Å². The molecule has 1 heterocycles. The van der Waals surface area contributed by atoms with E-state index in [9.17, 15) is 35.4 Å². The van der Waals surface area contributed by atoms with Gasteiger partial charge in [0.1, 0.15) is 36.8 Å². The third kappa shape index (κ3) is 5.64. The van der Waals surface area contributed by atoms with Crippen LogP contribution in [0.2, 0.25) is 0 Å². The number of carbonyl (C=O) groups is 1. The number of benzene rings is 1. The van der Waals surface area contributed by atoms with E-state index in [1.807, 2.05) is 0 Å². The van der Waals surface area contributed by atoms with Gasteiger partial charge in [0, 0.05) is 0 Å². The molecular weight excluding hydrogens is 388 g/mol. The zero-order valence-corrected chi connectivity index (χ0v) is 16.2. The second kappa shape index (κ2) is 9.81. The molecule has 0 amide bonds. The first kappa shape index (κ1) is 23.5. The molecule has 0 radical (unpaired) electrons. The molecule has 0 spiro atoms. The molecule has 0 unspecified atom stereocenters. The average Bonchev–Trinajstić information content (AvgIpc) is 2.72. The van der Waals surface area contributed by atoms with Crippen LogP contribution < -0.4 is 4.74 Å². The van der Waals surface area contributed by atoms with Gasteiger partial charge in [-0.3, -0.25) is 0 Å². The van der Waals surface area contributed by atoms with Crippen LogP contribution in [-0.4, -0.2) is 85.6 Å². The van der Waals surface area contributed by atoms with E-state index >= 15 is 0 Å². The molecule has 1 aromatic rings. The molecule has 1 aliphatic rings. The zero-order chi connectivity index (χ0) is 21.8. The number of rotatable bonds is 8. The Hall–Kier alpha value is -1.79. The quantitative estimate of drug-likeness (QED) is 0.273. The van der Waals surface area contributed by atoms with Crippen molar-refractivity contribution in [3.63, 3.8) is 0 Å². The van der Waals surface area contributed by atoms with E-state index in [2.05, 4.69) is 0 Å². The van der Waals surface area contributed by atoms with E-state index in [0.29, 0.717) is 5.56 Å². The van der Waals surface area contributed by atoms with Gasteiger partial charge in [0.05, 0.1) is 12.2 Å². The van der Waals surface area contributed by atoms with Gasteiger partial charge in [0.25, 0.3) is 0 Å². The molecule has 1 fully saturated rings. The molecule has 0 aromatic heterocycles. The van der Waals surface area contributed by atoms with Gasteiger partial charge in [-0.1, -0.05) is 19.1 Å². The predicted molar refractivity (Wildman–Crippen MR) is 97.6 cm³/mol. The Kier molecular flexibility index (Phi) is 7.94. The lowest BCUT2D eigenvalue weighted by Crippen LogP contribution is -2.60. The van der Waals surface area contributed by atoms with E-state index in [4.69, 9.17) is 14.2 Å². The maximum absolute atomic E-state index is 11.8. The molecule has 7 atom stereocenters. The maximum atomic E-state index is 11.8. The second-order valence-corrected chi connectivity index (χ2v) is 7.18. The highest BCUT2D eigenvalue weighted by molar-refractivity contribution is 5.75. The first-order chi connectivity index (χ1) is 13.6. The second-order valence-electron chi connectivity index (χ2n) is 7.18. The van der Waals surface area contributed by atoms with Crippen LogP contribution in [0.4, 0.5) is 0 Å². The van der Waals surface area contributed by atoms with Crippen molar-refractivity contribution < 1.29 is 49.6 Å². The van der Waals surface area contributed by atoms with Crippen LogP contribution in [-0.2, 0) is 20.9 Å². The van der Waals surface area contributed by atoms with Crippen molar-refractivity contribution in [3.05, 3.63) is 29.8 Å². The van der Waals surface area contributed by atoms with Gasteiger partial charge in [-0.15, -0.1) is 0 Å². The van der Waals surface area contributed by atoms with E-state index in [-0.39, 0.29) is 18.8 Å².